The van der Waals surface area contributed by atoms with E-state index in [0.717, 1.165) is 0 Å². The SMILES string of the molecule is ClP(Cl)(Cl)(Cl)[ClH+]. The second-order valence-corrected chi connectivity index (χ2v) is 17.8. The topological polar surface area (TPSA) is 0 Å². The molecule has 0 aromatic rings. The molecule has 0 aliphatic rings. The van der Waals surface area contributed by atoms with Crippen LogP contribution in [-0.4, -0.2) is 0 Å². The standard InChI is InChI=1S/Cl5HP/c1-6(2,3,4)5/h1H/q+1. The van der Waals surface area contributed by atoms with Gasteiger partial charge in [0, 0.05) is 0 Å². The molecule has 0 aliphatic heterocycles. The first kappa shape index (κ1) is 7.88. The molecule has 0 nitrogen and oxygen atoms in total. The van der Waals surface area contributed by atoms with Gasteiger partial charge in [-0.3, -0.25) is 0 Å². The molecule has 0 heterocycles. The summed E-state index contributed by atoms with van der Waals surface area (Å²) in [6, 6.07) is 0. The van der Waals surface area contributed by atoms with E-state index in [9.17, 15) is 0 Å². The molecule has 0 fully saturated rings. The van der Waals surface area contributed by atoms with Gasteiger partial charge in [0.05, 0.1) is 0 Å². The summed E-state index contributed by atoms with van der Waals surface area (Å²) in [7, 11) is 0. The van der Waals surface area contributed by atoms with Gasteiger partial charge in [-0.2, -0.15) is 0 Å². The number of rotatable bonds is 0. The third-order valence-electron chi connectivity index (χ3n) is 0. The molecule has 6 heavy (non-hydrogen) atoms. The van der Waals surface area contributed by atoms with Crippen LogP contribution in [-0.2, 0) is 0 Å². The van der Waals surface area contributed by atoms with Crippen molar-refractivity contribution in [2.45, 2.75) is 0 Å². The molecule has 40 valence electrons. The average molecular weight is 209 g/mol. The molecule has 0 saturated heterocycles. The van der Waals surface area contributed by atoms with E-state index in [-0.39, 0.29) is 0 Å². The molecule has 0 aliphatic carbocycles. The van der Waals surface area contributed by atoms with Gasteiger partial charge < -0.3 is 0 Å². The zero-order chi connectivity index (χ0) is 5.45. The second kappa shape index (κ2) is 1.69. The van der Waals surface area contributed by atoms with Crippen LogP contribution in [0.4, 0.5) is 0 Å². The Labute approximate surface area is 59.5 Å². The van der Waals surface area contributed by atoms with Gasteiger partial charge >= 0.3 is 59.6 Å². The molecule has 0 saturated carbocycles. The summed E-state index contributed by atoms with van der Waals surface area (Å²) in [6.07, 6.45) is 0. The number of hydrogen-bond acceptors (Lipinski definition) is 0. The van der Waals surface area contributed by atoms with Crippen molar-refractivity contribution >= 4 is 48.3 Å². The van der Waals surface area contributed by atoms with E-state index in [2.05, 4.69) is 11.2 Å². The fourth-order valence-corrected chi connectivity index (χ4v) is 0. The van der Waals surface area contributed by atoms with Crippen molar-refractivity contribution in [1.82, 2.24) is 0 Å². The summed E-state index contributed by atoms with van der Waals surface area (Å²) in [5.41, 5.74) is 0. The zero-order valence-corrected chi connectivity index (χ0v) is 7.10. The Hall–Kier alpha value is 1.88. The normalized spacial score (nSPS) is 19.2. The molecule has 0 amide bonds. The van der Waals surface area contributed by atoms with Crippen LogP contribution in [0.1, 0.15) is 0 Å². The fraction of sp³-hybridized carbons (Fsp3) is 0. The number of halogens is 5. The van der Waals surface area contributed by atoms with Crippen LogP contribution in [0.5, 0.6) is 0 Å². The van der Waals surface area contributed by atoms with Crippen LogP contribution in [0.2, 0.25) is 0 Å². The van der Waals surface area contributed by atoms with E-state index in [4.69, 9.17) is 45.0 Å². The number of hydrogen-bond donors (Lipinski definition) is 0. The molecule has 0 atom stereocenters. The van der Waals surface area contributed by atoms with Crippen molar-refractivity contribution in [3.8, 4) is 0 Å². The van der Waals surface area contributed by atoms with Crippen molar-refractivity contribution in [3.63, 3.8) is 0 Å². The Morgan fingerprint density at radius 3 is 1.00 bits per heavy atom. The van der Waals surface area contributed by atoms with E-state index in [1.54, 1.807) is 0 Å². The molecule has 0 spiro atoms. The molecule has 0 rings (SSSR count). The second-order valence-electron chi connectivity index (χ2n) is 0.659. The van der Waals surface area contributed by atoms with E-state index < -0.39 is 3.37 Å². The van der Waals surface area contributed by atoms with Crippen molar-refractivity contribution in [2.75, 3.05) is 0 Å². The molecular weight excluding hydrogens is 208 g/mol. The maximum absolute atomic E-state index is 5.03. The fourth-order valence-electron chi connectivity index (χ4n) is 0. The van der Waals surface area contributed by atoms with Crippen LogP contribution in [0.25, 0.3) is 0 Å². The van der Waals surface area contributed by atoms with Crippen molar-refractivity contribution < 1.29 is 11.2 Å². The van der Waals surface area contributed by atoms with Crippen molar-refractivity contribution in [3.05, 3.63) is 0 Å². The predicted octanol–water partition coefficient (Wildman–Crippen LogP) is 3.35. The summed E-state index contributed by atoms with van der Waals surface area (Å²) in [4.78, 5) is 0. The Morgan fingerprint density at radius 2 is 1.00 bits per heavy atom. The molecule has 0 N–H and O–H groups in total. The van der Waals surface area contributed by atoms with Gasteiger partial charge in [0.1, 0.15) is 0 Å². The van der Waals surface area contributed by atoms with Gasteiger partial charge in [-0.05, 0) is 0 Å². The van der Waals surface area contributed by atoms with Gasteiger partial charge in [0.25, 0.3) is 0 Å². The van der Waals surface area contributed by atoms with E-state index in [1.807, 2.05) is 0 Å². The van der Waals surface area contributed by atoms with Gasteiger partial charge in [-0.1, -0.05) is 0 Å². The summed E-state index contributed by atoms with van der Waals surface area (Å²) < 4.78 is -3.58. The van der Waals surface area contributed by atoms with Crippen LogP contribution in [0, 0.1) is 11.2 Å². The monoisotopic (exact) mass is 207 g/mol. The van der Waals surface area contributed by atoms with Crippen LogP contribution >= 0.6 is 48.3 Å². The van der Waals surface area contributed by atoms with Crippen molar-refractivity contribution in [1.29, 1.82) is 0 Å². The molecule has 0 radical (unpaired) electrons. The van der Waals surface area contributed by atoms with Gasteiger partial charge in [0.2, 0.25) is 0 Å². The summed E-state index contributed by atoms with van der Waals surface area (Å²) in [5, 5.41) is 0. The van der Waals surface area contributed by atoms with Crippen molar-refractivity contribution in [2.24, 2.45) is 0 Å². The molecular formula is HCl5P+. The summed E-state index contributed by atoms with van der Waals surface area (Å²) in [5.74, 6) is 0. The van der Waals surface area contributed by atoms with E-state index in [1.165, 1.54) is 0 Å². The van der Waals surface area contributed by atoms with E-state index >= 15 is 0 Å². The van der Waals surface area contributed by atoms with Gasteiger partial charge in [-0.25, -0.2) is 0 Å². The Morgan fingerprint density at radius 1 is 1.00 bits per heavy atom. The van der Waals surface area contributed by atoms with E-state index in [0.29, 0.717) is 0 Å². The molecule has 6 heteroatoms. The quantitative estimate of drug-likeness (QED) is 0.537. The molecule has 0 aromatic carbocycles. The first-order valence-electron chi connectivity index (χ1n) is 0.859. The van der Waals surface area contributed by atoms with Gasteiger partial charge in [0.15, 0.2) is 0 Å². The minimum absolute atomic E-state index is 3.58. The van der Waals surface area contributed by atoms with Crippen LogP contribution in [0.15, 0.2) is 0 Å². The third kappa shape index (κ3) is 39.6. The molecule has 0 unspecified atom stereocenters. The van der Waals surface area contributed by atoms with Crippen LogP contribution < -0.4 is 0 Å². The summed E-state index contributed by atoms with van der Waals surface area (Å²) in [6.45, 7) is 0. The molecule has 0 bridgehead atoms. The minimum atomic E-state index is -3.58. The first-order valence-corrected chi connectivity index (χ1v) is 7.73. The molecule has 0 aromatic heterocycles. The van der Waals surface area contributed by atoms with Gasteiger partial charge in [-0.15, -0.1) is 0 Å². The Balaban J connectivity index is 3.73. The zero-order valence-electron chi connectivity index (χ0n) is 2.37. The third-order valence-corrected chi connectivity index (χ3v) is 0. The first-order chi connectivity index (χ1) is 2.24. The van der Waals surface area contributed by atoms with Crippen LogP contribution in [0.3, 0.4) is 0 Å². The summed E-state index contributed by atoms with van der Waals surface area (Å²) >= 11 is 24.3. The maximum atomic E-state index is 5.03. The Kier molecular flexibility index (Phi) is 2.21. The average Bonchev–Trinajstić information content (AvgIpc) is 0.650. The Bertz CT molecular complexity index is 37.1. The predicted molar refractivity (Wildman–Crippen MR) is 31.7 cm³/mol.